The Hall–Kier alpha value is -0.690. The summed E-state index contributed by atoms with van der Waals surface area (Å²) >= 11 is 0. The Kier molecular flexibility index (Phi) is 11.1. The number of nitrogens with two attached hydrogens (primary N) is 1. The van der Waals surface area contributed by atoms with Crippen molar-refractivity contribution in [3.8, 4) is 0 Å². The van der Waals surface area contributed by atoms with Crippen molar-refractivity contribution in [2.75, 3.05) is 33.2 Å². The highest BCUT2D eigenvalue weighted by Gasteiger charge is 2.62. The summed E-state index contributed by atoms with van der Waals surface area (Å²) in [5.74, 6) is 3.86. The molecule has 4 aliphatic rings. The minimum Gasteiger partial charge on any atom is -0.393 e. The lowest BCUT2D eigenvalue weighted by molar-refractivity contribution is -0.167. The van der Waals surface area contributed by atoms with Gasteiger partial charge in [-0.25, -0.2) is 0 Å². The van der Waals surface area contributed by atoms with Crippen molar-refractivity contribution in [3.63, 3.8) is 0 Å². The molecule has 4 fully saturated rings. The highest BCUT2D eigenvalue weighted by molar-refractivity contribution is 5.76. The van der Waals surface area contributed by atoms with Crippen LogP contribution in [0, 0.1) is 46.3 Å². The van der Waals surface area contributed by atoms with Gasteiger partial charge in [-0.05, 0) is 164 Å². The summed E-state index contributed by atoms with van der Waals surface area (Å²) in [5, 5.41) is 18.7. The fourth-order valence-corrected chi connectivity index (χ4v) is 10.5. The Morgan fingerprint density at radius 2 is 1.70 bits per heavy atom. The van der Waals surface area contributed by atoms with Gasteiger partial charge in [0.2, 0.25) is 5.91 Å². The fraction of sp³-hybridized carbons (Fsp3) is 0.971. The first kappa shape index (κ1) is 32.2. The van der Waals surface area contributed by atoms with Gasteiger partial charge in [-0.3, -0.25) is 4.79 Å². The molecule has 40 heavy (non-hydrogen) atoms. The largest absolute Gasteiger partial charge is 0.393 e. The molecule has 4 unspecified atom stereocenters. The highest BCUT2D eigenvalue weighted by atomic mass is 16.3. The SMILES string of the molecule is CC(C)NC(=O)CC[C@@H](C)[C@H]1CCC2C3C(CC[C@@]21C)[C@@]1(C)CC[C@H](NCCCN(C)CCCN)CC1C[C@H]3O. The van der Waals surface area contributed by atoms with E-state index in [-0.39, 0.29) is 18.1 Å². The van der Waals surface area contributed by atoms with Crippen LogP contribution in [0.3, 0.4) is 0 Å². The van der Waals surface area contributed by atoms with E-state index >= 15 is 0 Å². The molecule has 6 nitrogen and oxygen atoms in total. The second-order valence-corrected chi connectivity index (χ2v) is 15.5. The lowest BCUT2D eigenvalue weighted by Crippen LogP contribution is -2.59. The van der Waals surface area contributed by atoms with Gasteiger partial charge in [-0.2, -0.15) is 0 Å². The molecule has 1 amide bonds. The predicted molar refractivity (Wildman–Crippen MR) is 166 cm³/mol. The molecular weight excluding hydrogens is 496 g/mol. The summed E-state index contributed by atoms with van der Waals surface area (Å²) < 4.78 is 0. The van der Waals surface area contributed by atoms with E-state index in [0.29, 0.717) is 58.8 Å². The van der Waals surface area contributed by atoms with Crippen molar-refractivity contribution in [1.29, 1.82) is 0 Å². The Morgan fingerprint density at radius 3 is 2.42 bits per heavy atom. The van der Waals surface area contributed by atoms with Crippen LogP contribution in [0.25, 0.3) is 0 Å². The maximum absolute atomic E-state index is 12.3. The van der Waals surface area contributed by atoms with E-state index in [2.05, 4.69) is 43.4 Å². The second-order valence-electron chi connectivity index (χ2n) is 15.5. The number of hydrogen-bond donors (Lipinski definition) is 4. The molecule has 0 aliphatic heterocycles. The number of nitrogens with one attached hydrogen (secondary N) is 2. The van der Waals surface area contributed by atoms with E-state index in [4.69, 9.17) is 5.73 Å². The van der Waals surface area contributed by atoms with Crippen molar-refractivity contribution in [3.05, 3.63) is 0 Å². The normalized spacial score (nSPS) is 40.0. The zero-order valence-electron chi connectivity index (χ0n) is 26.9. The molecule has 232 valence electrons. The third-order valence-electron chi connectivity index (χ3n) is 12.6. The number of carbonyl (C=O) groups is 1. The van der Waals surface area contributed by atoms with Gasteiger partial charge in [-0.15, -0.1) is 0 Å². The number of aliphatic hydroxyl groups is 1. The van der Waals surface area contributed by atoms with Gasteiger partial charge in [0.15, 0.2) is 0 Å². The summed E-state index contributed by atoms with van der Waals surface area (Å²) in [5.41, 5.74) is 6.35. The predicted octanol–water partition coefficient (Wildman–Crippen LogP) is 5.19. The van der Waals surface area contributed by atoms with Crippen LogP contribution in [0.5, 0.6) is 0 Å². The van der Waals surface area contributed by atoms with Gasteiger partial charge < -0.3 is 26.4 Å². The van der Waals surface area contributed by atoms with E-state index < -0.39 is 0 Å². The average Bonchev–Trinajstić information content (AvgIpc) is 3.26. The van der Waals surface area contributed by atoms with E-state index in [1.54, 1.807) is 0 Å². The van der Waals surface area contributed by atoms with E-state index in [9.17, 15) is 9.90 Å². The Labute approximate surface area is 246 Å². The number of carbonyl (C=O) groups excluding carboxylic acids is 1. The van der Waals surface area contributed by atoms with Crippen molar-refractivity contribution < 1.29 is 9.90 Å². The topological polar surface area (TPSA) is 90.6 Å². The molecule has 0 aromatic rings. The second kappa shape index (κ2) is 13.7. The molecule has 0 aromatic heterocycles. The summed E-state index contributed by atoms with van der Waals surface area (Å²) in [6.07, 6.45) is 13.7. The minimum absolute atomic E-state index is 0.145. The van der Waals surface area contributed by atoms with Gasteiger partial charge >= 0.3 is 0 Å². The van der Waals surface area contributed by atoms with Crippen LogP contribution in [0.15, 0.2) is 0 Å². The summed E-state index contributed by atoms with van der Waals surface area (Å²) in [6, 6.07) is 0.823. The number of amides is 1. The maximum Gasteiger partial charge on any atom is 0.220 e. The van der Waals surface area contributed by atoms with Crippen LogP contribution in [-0.2, 0) is 4.79 Å². The minimum atomic E-state index is -0.145. The zero-order valence-corrected chi connectivity index (χ0v) is 26.9. The molecule has 10 atom stereocenters. The summed E-state index contributed by atoms with van der Waals surface area (Å²) in [4.78, 5) is 14.7. The van der Waals surface area contributed by atoms with Crippen LogP contribution >= 0.6 is 0 Å². The van der Waals surface area contributed by atoms with Gasteiger partial charge in [0, 0.05) is 18.5 Å². The van der Waals surface area contributed by atoms with Crippen LogP contribution in [0.2, 0.25) is 0 Å². The molecule has 0 aromatic carbocycles. The molecule has 4 saturated carbocycles. The number of aliphatic hydroxyl groups excluding tert-OH is 1. The van der Waals surface area contributed by atoms with Crippen molar-refractivity contribution in [1.82, 2.24) is 15.5 Å². The van der Waals surface area contributed by atoms with Crippen LogP contribution < -0.4 is 16.4 Å². The van der Waals surface area contributed by atoms with Crippen molar-refractivity contribution >= 4 is 5.91 Å². The Morgan fingerprint density at radius 1 is 1.00 bits per heavy atom. The number of hydrogen-bond acceptors (Lipinski definition) is 5. The molecule has 0 radical (unpaired) electrons. The summed E-state index contributed by atoms with van der Waals surface area (Å²) in [6.45, 7) is 15.7. The number of nitrogens with zero attached hydrogens (tertiary/aromatic N) is 1. The molecule has 6 heteroatoms. The molecule has 5 N–H and O–H groups in total. The van der Waals surface area contributed by atoms with Crippen molar-refractivity contribution in [2.24, 2.45) is 52.1 Å². The zero-order chi connectivity index (χ0) is 29.1. The first-order valence-electron chi connectivity index (χ1n) is 17.1. The average molecular weight is 561 g/mol. The number of fused-ring (bicyclic) bond motifs is 5. The van der Waals surface area contributed by atoms with Crippen molar-refractivity contribution in [2.45, 2.75) is 130 Å². The smallest absolute Gasteiger partial charge is 0.220 e. The molecule has 4 rings (SSSR count). The Bertz CT molecular complexity index is 822. The van der Waals surface area contributed by atoms with Crippen LogP contribution in [0.1, 0.15) is 112 Å². The lowest BCUT2D eigenvalue weighted by Gasteiger charge is -2.62. The van der Waals surface area contributed by atoms with E-state index in [0.717, 1.165) is 45.4 Å². The van der Waals surface area contributed by atoms with E-state index in [1.165, 1.54) is 51.4 Å². The third kappa shape index (κ3) is 6.92. The Balaban J connectivity index is 1.32. The first-order chi connectivity index (χ1) is 19.0. The van der Waals surface area contributed by atoms with Gasteiger partial charge in [-0.1, -0.05) is 20.8 Å². The summed E-state index contributed by atoms with van der Waals surface area (Å²) in [7, 11) is 2.20. The highest BCUT2D eigenvalue weighted by Crippen LogP contribution is 2.68. The third-order valence-corrected chi connectivity index (χ3v) is 12.6. The molecule has 0 heterocycles. The lowest BCUT2D eigenvalue weighted by atomic mass is 9.43. The van der Waals surface area contributed by atoms with Crippen LogP contribution in [-0.4, -0.2) is 67.3 Å². The van der Waals surface area contributed by atoms with Gasteiger partial charge in [0.25, 0.3) is 0 Å². The molecule has 0 spiro atoms. The quantitative estimate of drug-likeness (QED) is 0.233. The van der Waals surface area contributed by atoms with E-state index in [1.807, 2.05) is 13.8 Å². The molecule has 0 saturated heterocycles. The molecule has 0 bridgehead atoms. The molecular formula is C34H64N4O2. The molecule has 4 aliphatic carbocycles. The number of rotatable bonds is 13. The first-order valence-corrected chi connectivity index (χ1v) is 17.1. The monoisotopic (exact) mass is 561 g/mol. The van der Waals surface area contributed by atoms with Gasteiger partial charge in [0.05, 0.1) is 6.10 Å². The van der Waals surface area contributed by atoms with Crippen LogP contribution in [0.4, 0.5) is 0 Å². The fourth-order valence-electron chi connectivity index (χ4n) is 10.5. The standard InChI is InChI=1S/C34H64N4O2/c1-23(2)37-31(40)12-9-24(3)27-10-11-28-32-29(14-16-34(27,28)5)33(4)15-13-26(21-25(33)22-30(32)39)36-18-8-20-38(6)19-7-17-35/h23-30,32,36,39H,7-22,35H2,1-6H3,(H,37,40)/t24-,25?,26+,27-,28?,29?,30-,32?,33+,34-/m1/s1. The maximum atomic E-state index is 12.3. The van der Waals surface area contributed by atoms with Gasteiger partial charge in [0.1, 0.15) is 0 Å².